The van der Waals surface area contributed by atoms with E-state index in [1.165, 1.54) is 5.56 Å². The maximum absolute atomic E-state index is 13.2. The van der Waals surface area contributed by atoms with E-state index < -0.39 is 0 Å². The van der Waals surface area contributed by atoms with Crippen molar-refractivity contribution in [1.82, 2.24) is 15.1 Å². The van der Waals surface area contributed by atoms with E-state index in [-0.39, 0.29) is 18.0 Å². The Morgan fingerprint density at radius 2 is 1.90 bits per heavy atom. The van der Waals surface area contributed by atoms with E-state index >= 15 is 0 Å². The van der Waals surface area contributed by atoms with Crippen molar-refractivity contribution in [3.05, 3.63) is 64.7 Å². The zero-order chi connectivity index (χ0) is 21.5. The molecule has 1 N–H and O–H groups in total. The van der Waals surface area contributed by atoms with Gasteiger partial charge >= 0.3 is 0 Å². The van der Waals surface area contributed by atoms with Crippen molar-refractivity contribution in [3.63, 3.8) is 0 Å². The number of amides is 1. The van der Waals surface area contributed by atoms with Gasteiger partial charge in [0.2, 0.25) is 5.91 Å². The highest BCUT2D eigenvalue weighted by Crippen LogP contribution is 2.24. The molecular formula is C24H32ClN3O2. The first kappa shape index (κ1) is 22.6. The second-order valence-electron chi connectivity index (χ2n) is 7.75. The number of carbonyl (C=O) groups excluding carboxylic acids is 1. The monoisotopic (exact) mass is 429 g/mol. The van der Waals surface area contributed by atoms with E-state index in [1.807, 2.05) is 55.1 Å². The lowest BCUT2D eigenvalue weighted by atomic mass is 10.1. The molecule has 162 valence electrons. The first-order chi connectivity index (χ1) is 14.5. The molecule has 0 aromatic heterocycles. The zero-order valence-electron chi connectivity index (χ0n) is 18.1. The molecule has 1 heterocycles. The summed E-state index contributed by atoms with van der Waals surface area (Å²) in [6, 6.07) is 16.1. The highest BCUT2D eigenvalue weighted by molar-refractivity contribution is 6.30. The summed E-state index contributed by atoms with van der Waals surface area (Å²) in [4.78, 5) is 17.4. The maximum Gasteiger partial charge on any atom is 0.239 e. The van der Waals surface area contributed by atoms with Gasteiger partial charge in [-0.05, 0) is 55.7 Å². The molecule has 1 aliphatic rings. The Hall–Kier alpha value is -2.08. The maximum atomic E-state index is 13.2. The average molecular weight is 430 g/mol. The lowest BCUT2D eigenvalue weighted by Gasteiger charge is -2.28. The SMILES string of the molecule is CCN(CC)C(=O)[C@@H]1C[C@@H](NCc2cccc(OC)c2)CN1Cc1cccc(Cl)c1. The average Bonchev–Trinajstić information content (AvgIpc) is 3.16. The standard InChI is InChI=1S/C24H32ClN3O2/c1-4-27(5-2)24(29)23-14-21(26-15-18-8-7-11-22(13-18)30-3)17-28(23)16-19-9-6-10-20(25)12-19/h6-13,21,23,26H,4-5,14-17H2,1-3H3/t21-,23+/m1/s1. The van der Waals surface area contributed by atoms with Gasteiger partial charge in [-0.15, -0.1) is 0 Å². The fourth-order valence-electron chi connectivity index (χ4n) is 4.14. The van der Waals surface area contributed by atoms with Gasteiger partial charge in [-0.2, -0.15) is 0 Å². The van der Waals surface area contributed by atoms with Crippen molar-refractivity contribution in [2.75, 3.05) is 26.7 Å². The Kier molecular flexibility index (Phi) is 8.14. The van der Waals surface area contributed by atoms with Crippen LogP contribution in [-0.2, 0) is 17.9 Å². The number of carbonyl (C=O) groups is 1. The van der Waals surface area contributed by atoms with Crippen molar-refractivity contribution >= 4 is 17.5 Å². The molecule has 0 spiro atoms. The number of hydrogen-bond donors (Lipinski definition) is 1. The number of nitrogens with zero attached hydrogens (tertiary/aromatic N) is 2. The summed E-state index contributed by atoms with van der Waals surface area (Å²) in [5.74, 6) is 1.07. The van der Waals surface area contributed by atoms with E-state index in [0.717, 1.165) is 55.5 Å². The minimum atomic E-state index is -0.119. The van der Waals surface area contributed by atoms with Gasteiger partial charge < -0.3 is 15.0 Å². The summed E-state index contributed by atoms with van der Waals surface area (Å²) in [6.07, 6.45) is 0.805. The molecule has 0 aliphatic carbocycles. The highest BCUT2D eigenvalue weighted by atomic mass is 35.5. The fourth-order valence-corrected chi connectivity index (χ4v) is 4.36. The Morgan fingerprint density at radius 3 is 2.60 bits per heavy atom. The summed E-state index contributed by atoms with van der Waals surface area (Å²) in [7, 11) is 1.68. The summed E-state index contributed by atoms with van der Waals surface area (Å²) >= 11 is 6.18. The van der Waals surface area contributed by atoms with Crippen LogP contribution < -0.4 is 10.1 Å². The molecule has 6 heteroatoms. The van der Waals surface area contributed by atoms with Gasteiger partial charge in [0, 0.05) is 43.8 Å². The summed E-state index contributed by atoms with van der Waals surface area (Å²) in [5.41, 5.74) is 2.31. The van der Waals surface area contributed by atoms with Crippen LogP contribution in [0.1, 0.15) is 31.4 Å². The van der Waals surface area contributed by atoms with Crippen LogP contribution in [0.15, 0.2) is 48.5 Å². The highest BCUT2D eigenvalue weighted by Gasteiger charge is 2.38. The van der Waals surface area contributed by atoms with Crippen LogP contribution in [0.2, 0.25) is 5.02 Å². The number of halogens is 1. The van der Waals surface area contributed by atoms with Crippen LogP contribution in [0, 0.1) is 0 Å². The number of ether oxygens (including phenoxy) is 1. The molecule has 0 saturated carbocycles. The summed E-state index contributed by atoms with van der Waals surface area (Å²) in [5, 5.41) is 4.37. The van der Waals surface area contributed by atoms with Crippen LogP contribution in [-0.4, -0.2) is 54.5 Å². The fraction of sp³-hybridized carbons (Fsp3) is 0.458. The van der Waals surface area contributed by atoms with Crippen molar-refractivity contribution in [1.29, 1.82) is 0 Å². The van der Waals surface area contributed by atoms with Crippen LogP contribution in [0.5, 0.6) is 5.75 Å². The summed E-state index contributed by atoms with van der Waals surface area (Å²) < 4.78 is 5.32. The zero-order valence-corrected chi connectivity index (χ0v) is 18.9. The third kappa shape index (κ3) is 5.75. The molecule has 3 rings (SSSR count). The first-order valence-electron chi connectivity index (χ1n) is 10.7. The number of hydrogen-bond acceptors (Lipinski definition) is 4. The molecule has 0 bridgehead atoms. The van der Waals surface area contributed by atoms with E-state index in [2.05, 4.69) is 22.3 Å². The van der Waals surface area contributed by atoms with E-state index in [1.54, 1.807) is 7.11 Å². The molecule has 2 aromatic rings. The Morgan fingerprint density at radius 1 is 1.17 bits per heavy atom. The van der Waals surface area contributed by atoms with Crippen molar-refractivity contribution in [2.24, 2.45) is 0 Å². The van der Waals surface area contributed by atoms with Gasteiger partial charge in [-0.1, -0.05) is 35.9 Å². The van der Waals surface area contributed by atoms with Crippen LogP contribution in [0.4, 0.5) is 0 Å². The molecule has 0 unspecified atom stereocenters. The van der Waals surface area contributed by atoms with Gasteiger partial charge in [-0.3, -0.25) is 9.69 Å². The Bertz CT molecular complexity index is 841. The minimum absolute atomic E-state index is 0.119. The number of likely N-dealkylation sites (tertiary alicyclic amines) is 1. The predicted octanol–water partition coefficient (Wildman–Crippen LogP) is 3.95. The smallest absolute Gasteiger partial charge is 0.239 e. The second kappa shape index (κ2) is 10.8. The molecule has 1 aliphatic heterocycles. The molecule has 0 radical (unpaired) electrons. The first-order valence-corrected chi connectivity index (χ1v) is 11.0. The van der Waals surface area contributed by atoms with Crippen molar-refractivity contribution in [2.45, 2.75) is 45.4 Å². The third-order valence-electron chi connectivity index (χ3n) is 5.77. The second-order valence-corrected chi connectivity index (χ2v) is 8.19. The van der Waals surface area contributed by atoms with E-state index in [4.69, 9.17) is 16.3 Å². The van der Waals surface area contributed by atoms with Crippen LogP contribution in [0.25, 0.3) is 0 Å². The van der Waals surface area contributed by atoms with Crippen LogP contribution >= 0.6 is 11.6 Å². The largest absolute Gasteiger partial charge is 0.497 e. The summed E-state index contributed by atoms with van der Waals surface area (Å²) in [6.45, 7) is 7.84. The van der Waals surface area contributed by atoms with Gasteiger partial charge in [0.25, 0.3) is 0 Å². The van der Waals surface area contributed by atoms with Crippen molar-refractivity contribution < 1.29 is 9.53 Å². The van der Waals surface area contributed by atoms with Gasteiger partial charge in [0.15, 0.2) is 0 Å². The number of benzene rings is 2. The molecule has 1 fully saturated rings. The number of rotatable bonds is 9. The number of nitrogens with one attached hydrogen (secondary N) is 1. The van der Waals surface area contributed by atoms with Crippen molar-refractivity contribution in [3.8, 4) is 5.75 Å². The van der Waals surface area contributed by atoms with Crippen LogP contribution in [0.3, 0.4) is 0 Å². The third-order valence-corrected chi connectivity index (χ3v) is 6.00. The molecule has 5 nitrogen and oxygen atoms in total. The molecule has 2 atom stereocenters. The number of methoxy groups -OCH3 is 1. The lowest BCUT2D eigenvalue weighted by Crippen LogP contribution is -2.45. The van der Waals surface area contributed by atoms with Gasteiger partial charge in [0.05, 0.1) is 13.2 Å². The van der Waals surface area contributed by atoms with Gasteiger partial charge in [-0.25, -0.2) is 0 Å². The molecule has 1 amide bonds. The molecular weight excluding hydrogens is 398 g/mol. The predicted molar refractivity (Wildman–Crippen MR) is 122 cm³/mol. The van der Waals surface area contributed by atoms with Gasteiger partial charge in [0.1, 0.15) is 5.75 Å². The minimum Gasteiger partial charge on any atom is -0.497 e. The van der Waals surface area contributed by atoms with E-state index in [9.17, 15) is 4.79 Å². The van der Waals surface area contributed by atoms with E-state index in [0.29, 0.717) is 0 Å². The quantitative estimate of drug-likeness (QED) is 0.655. The molecule has 1 saturated heterocycles. The number of likely N-dealkylation sites (N-methyl/N-ethyl adjacent to an activating group) is 1. The molecule has 2 aromatic carbocycles. The topological polar surface area (TPSA) is 44.8 Å². The molecule has 30 heavy (non-hydrogen) atoms. The lowest BCUT2D eigenvalue weighted by molar-refractivity contribution is -0.135. The Labute approximate surface area is 185 Å². The Balaban J connectivity index is 1.70. The normalized spacial score (nSPS) is 19.1.